The Hall–Kier alpha value is -4.91. The molecule has 3 amide bonds. The summed E-state index contributed by atoms with van der Waals surface area (Å²) in [6, 6.07) is 7.61. The second kappa shape index (κ2) is 14.6. The number of aromatic amines is 1. The Bertz CT molecular complexity index is 1340. The van der Waals surface area contributed by atoms with Gasteiger partial charge in [-0.25, -0.2) is 9.78 Å². The summed E-state index contributed by atoms with van der Waals surface area (Å²) in [5.41, 5.74) is 7.95. The highest BCUT2D eigenvalue weighted by Gasteiger charge is 2.32. The molecule has 0 radical (unpaired) electrons. The topological polar surface area (TPSA) is 220 Å². The van der Waals surface area contributed by atoms with Crippen LogP contribution in [0.1, 0.15) is 30.7 Å². The van der Waals surface area contributed by atoms with Crippen LogP contribution in [0, 0.1) is 5.92 Å². The van der Waals surface area contributed by atoms with Crippen LogP contribution < -0.4 is 21.7 Å². The predicted octanol–water partition coefficient (Wildman–Crippen LogP) is 0.371. The normalized spacial score (nSPS) is 13.9. The van der Waals surface area contributed by atoms with E-state index < -0.39 is 53.8 Å². The fraction of sp³-hybridized carbons (Fsp3) is 0.345. The highest BCUT2D eigenvalue weighted by molar-refractivity contribution is 5.94. The second-order valence-corrected chi connectivity index (χ2v) is 10.3. The highest BCUT2D eigenvalue weighted by Crippen LogP contribution is 2.14. The number of carboxylic acid groups (broad SMARTS) is 1. The largest absolute Gasteiger partial charge is 0.508 e. The van der Waals surface area contributed by atoms with Crippen LogP contribution in [0.3, 0.4) is 0 Å². The number of carbonyl (C=O) groups is 4. The van der Waals surface area contributed by atoms with Crippen molar-refractivity contribution in [3.63, 3.8) is 0 Å². The number of carbonyl (C=O) groups excluding carboxylic acids is 3. The fourth-order valence-electron chi connectivity index (χ4n) is 4.20. The molecule has 224 valence electrons. The molecule has 0 saturated heterocycles. The SMILES string of the molecule is CC(C)C(NC(=O)C(Cc1ccc(O)cc1)NC(=O)C(Cc1cnc[nH]1)NC(=O)C(N)Cc1ccc(O)cc1)C(=O)O. The van der Waals surface area contributed by atoms with Gasteiger partial charge >= 0.3 is 5.97 Å². The molecule has 1 heterocycles. The number of H-pyrrole nitrogens is 1. The maximum absolute atomic E-state index is 13.6. The first-order chi connectivity index (χ1) is 19.9. The van der Waals surface area contributed by atoms with E-state index >= 15 is 0 Å². The lowest BCUT2D eigenvalue weighted by Gasteiger charge is -2.26. The number of hydrogen-bond acceptors (Lipinski definition) is 8. The summed E-state index contributed by atoms with van der Waals surface area (Å²) in [5, 5.41) is 36.5. The van der Waals surface area contributed by atoms with Crippen molar-refractivity contribution in [3.05, 3.63) is 77.9 Å². The van der Waals surface area contributed by atoms with Crippen LogP contribution in [0.5, 0.6) is 11.5 Å². The predicted molar refractivity (Wildman–Crippen MR) is 152 cm³/mol. The van der Waals surface area contributed by atoms with Crippen molar-refractivity contribution in [2.24, 2.45) is 11.7 Å². The smallest absolute Gasteiger partial charge is 0.326 e. The third kappa shape index (κ3) is 9.34. The summed E-state index contributed by atoms with van der Waals surface area (Å²) in [6.45, 7) is 3.29. The molecule has 13 nitrogen and oxygen atoms in total. The molecular formula is C29H36N6O7. The van der Waals surface area contributed by atoms with E-state index in [2.05, 4.69) is 25.9 Å². The van der Waals surface area contributed by atoms with Crippen molar-refractivity contribution in [1.29, 1.82) is 0 Å². The number of amides is 3. The van der Waals surface area contributed by atoms with Crippen molar-refractivity contribution < 1.29 is 34.5 Å². The average Bonchev–Trinajstić information content (AvgIpc) is 3.46. The van der Waals surface area contributed by atoms with Gasteiger partial charge in [0.15, 0.2) is 0 Å². The molecule has 13 heteroatoms. The maximum atomic E-state index is 13.6. The van der Waals surface area contributed by atoms with E-state index in [4.69, 9.17) is 5.73 Å². The van der Waals surface area contributed by atoms with Crippen molar-refractivity contribution in [2.75, 3.05) is 0 Å². The number of aliphatic carboxylic acids is 1. The fourth-order valence-corrected chi connectivity index (χ4v) is 4.20. The van der Waals surface area contributed by atoms with Crippen LogP contribution >= 0.6 is 0 Å². The van der Waals surface area contributed by atoms with Crippen LogP contribution in [-0.4, -0.2) is 73.1 Å². The van der Waals surface area contributed by atoms with Crippen LogP contribution in [-0.2, 0) is 38.4 Å². The number of imidazole rings is 1. The number of aromatic hydroxyl groups is 2. The Morgan fingerprint density at radius 2 is 1.29 bits per heavy atom. The molecule has 0 spiro atoms. The minimum Gasteiger partial charge on any atom is -0.508 e. The van der Waals surface area contributed by atoms with E-state index in [1.54, 1.807) is 38.1 Å². The molecule has 9 N–H and O–H groups in total. The van der Waals surface area contributed by atoms with Gasteiger partial charge in [-0.3, -0.25) is 14.4 Å². The number of nitrogens with zero attached hydrogens (tertiary/aromatic N) is 1. The van der Waals surface area contributed by atoms with Gasteiger partial charge in [-0.05, 0) is 47.7 Å². The van der Waals surface area contributed by atoms with Crippen LogP contribution in [0.2, 0.25) is 0 Å². The average molecular weight is 581 g/mol. The van der Waals surface area contributed by atoms with E-state index in [9.17, 15) is 34.5 Å². The van der Waals surface area contributed by atoms with Gasteiger partial charge in [0.05, 0.1) is 12.4 Å². The molecule has 0 aliphatic heterocycles. The molecule has 0 aliphatic carbocycles. The minimum atomic E-state index is -1.22. The van der Waals surface area contributed by atoms with Gasteiger partial charge in [0.25, 0.3) is 0 Å². The molecule has 42 heavy (non-hydrogen) atoms. The number of benzene rings is 2. The number of hydrogen-bond donors (Lipinski definition) is 8. The van der Waals surface area contributed by atoms with Gasteiger partial charge in [0.2, 0.25) is 17.7 Å². The molecule has 2 aromatic carbocycles. The second-order valence-electron chi connectivity index (χ2n) is 10.3. The monoisotopic (exact) mass is 580 g/mol. The number of nitrogens with two attached hydrogens (primary N) is 1. The summed E-state index contributed by atoms with van der Waals surface area (Å²) in [5.74, 6) is -3.62. The summed E-state index contributed by atoms with van der Waals surface area (Å²) in [4.78, 5) is 58.4. The van der Waals surface area contributed by atoms with Crippen molar-refractivity contribution in [2.45, 2.75) is 57.3 Å². The molecule has 0 aliphatic rings. The summed E-state index contributed by atoms with van der Waals surface area (Å²) in [7, 11) is 0. The lowest BCUT2D eigenvalue weighted by molar-refractivity contribution is -0.143. The summed E-state index contributed by atoms with van der Waals surface area (Å²) in [6.07, 6.45) is 3.03. The van der Waals surface area contributed by atoms with Gasteiger partial charge < -0.3 is 42.0 Å². The van der Waals surface area contributed by atoms with Gasteiger partial charge in [0, 0.05) is 24.7 Å². The first-order valence-electron chi connectivity index (χ1n) is 13.4. The van der Waals surface area contributed by atoms with Crippen LogP contribution in [0.25, 0.3) is 0 Å². The minimum absolute atomic E-state index is 0.000790. The summed E-state index contributed by atoms with van der Waals surface area (Å²) < 4.78 is 0. The standard InChI is InChI=1S/C29H36N6O7/c1-16(2)25(29(41)42)35-28(40)23(12-18-5-9-21(37)10-6-18)34-27(39)24(13-19-14-31-15-32-19)33-26(38)22(30)11-17-3-7-20(36)8-4-17/h3-10,14-16,22-25,36-37H,11-13,30H2,1-2H3,(H,31,32)(H,33,38)(H,34,39)(H,35,40)(H,41,42). The first kappa shape index (κ1) is 31.6. The molecule has 0 saturated carbocycles. The van der Waals surface area contributed by atoms with Gasteiger partial charge in [-0.15, -0.1) is 0 Å². The number of aromatic nitrogens is 2. The van der Waals surface area contributed by atoms with Crippen LogP contribution in [0.4, 0.5) is 0 Å². The molecule has 0 fully saturated rings. The summed E-state index contributed by atoms with van der Waals surface area (Å²) >= 11 is 0. The molecule has 3 rings (SSSR count). The number of carboxylic acids is 1. The van der Waals surface area contributed by atoms with E-state index in [-0.39, 0.29) is 30.8 Å². The lowest BCUT2D eigenvalue weighted by atomic mass is 10.0. The Kier molecular flexibility index (Phi) is 11.0. The lowest BCUT2D eigenvalue weighted by Crippen LogP contribution is -2.58. The van der Waals surface area contributed by atoms with E-state index in [1.165, 1.54) is 36.8 Å². The third-order valence-electron chi connectivity index (χ3n) is 6.58. The molecule has 0 bridgehead atoms. The molecule has 4 atom stereocenters. The van der Waals surface area contributed by atoms with E-state index in [1.807, 2.05) is 0 Å². The first-order valence-corrected chi connectivity index (χ1v) is 13.4. The molecule has 4 unspecified atom stereocenters. The number of rotatable bonds is 14. The van der Waals surface area contributed by atoms with Gasteiger partial charge in [0.1, 0.15) is 29.6 Å². The number of phenolic OH excluding ortho intramolecular Hbond substituents is 2. The van der Waals surface area contributed by atoms with Gasteiger partial charge in [-0.2, -0.15) is 0 Å². The van der Waals surface area contributed by atoms with Crippen molar-refractivity contribution >= 4 is 23.7 Å². The quantitative estimate of drug-likeness (QED) is 0.132. The zero-order valence-corrected chi connectivity index (χ0v) is 23.3. The molecule has 3 aromatic rings. The Morgan fingerprint density at radius 3 is 1.79 bits per heavy atom. The van der Waals surface area contributed by atoms with Gasteiger partial charge in [-0.1, -0.05) is 38.1 Å². The Labute approximate surface area is 242 Å². The maximum Gasteiger partial charge on any atom is 0.326 e. The Morgan fingerprint density at radius 1 is 0.786 bits per heavy atom. The molecule has 1 aromatic heterocycles. The number of phenols is 2. The highest BCUT2D eigenvalue weighted by atomic mass is 16.4. The zero-order valence-electron chi connectivity index (χ0n) is 23.3. The van der Waals surface area contributed by atoms with E-state index in [0.29, 0.717) is 16.8 Å². The number of nitrogens with one attached hydrogen (secondary N) is 4. The Balaban J connectivity index is 1.81. The van der Waals surface area contributed by atoms with Crippen molar-refractivity contribution in [1.82, 2.24) is 25.9 Å². The third-order valence-corrected chi connectivity index (χ3v) is 6.58. The van der Waals surface area contributed by atoms with Crippen LogP contribution in [0.15, 0.2) is 61.1 Å². The zero-order chi connectivity index (χ0) is 30.8. The molecular weight excluding hydrogens is 544 g/mol. The van der Waals surface area contributed by atoms with E-state index in [0.717, 1.165) is 0 Å². The van der Waals surface area contributed by atoms with Crippen molar-refractivity contribution in [3.8, 4) is 11.5 Å².